The van der Waals surface area contributed by atoms with Crippen LogP contribution in [0, 0.1) is 13.8 Å². The van der Waals surface area contributed by atoms with Crippen molar-refractivity contribution in [3.8, 4) is 5.75 Å². The van der Waals surface area contributed by atoms with Crippen LogP contribution in [0.25, 0.3) is 4.96 Å². The molecule has 6 nitrogen and oxygen atoms in total. The zero-order valence-corrected chi connectivity index (χ0v) is 17.3. The maximum Gasteiger partial charge on any atom is 0.257 e. The van der Waals surface area contributed by atoms with Crippen LogP contribution in [-0.4, -0.2) is 46.6 Å². The van der Waals surface area contributed by atoms with Gasteiger partial charge in [-0.2, -0.15) is 0 Å². The van der Waals surface area contributed by atoms with Crippen LogP contribution in [0.15, 0.2) is 30.5 Å². The molecule has 1 aliphatic rings. The number of imidazole rings is 1. The van der Waals surface area contributed by atoms with Crippen molar-refractivity contribution in [3.05, 3.63) is 52.3 Å². The first kappa shape index (κ1) is 19.0. The summed E-state index contributed by atoms with van der Waals surface area (Å²) >= 11 is 1.66. The first-order valence-electron chi connectivity index (χ1n) is 9.56. The maximum atomic E-state index is 13.1. The van der Waals surface area contributed by atoms with Crippen LogP contribution in [0.1, 0.15) is 39.5 Å². The molecular weight excluding hydrogens is 374 g/mol. The molecule has 4 rings (SSSR count). The lowest BCUT2D eigenvalue weighted by Crippen LogP contribution is -2.28. The molecule has 1 saturated heterocycles. The lowest BCUT2D eigenvalue weighted by molar-refractivity contribution is 0.0656. The Bertz CT molecular complexity index is 988. The standard InChI is InChI=1S/C21H25N3O3S/c1-14-11-24-18(15(2)22-21(24)28-14)12-23(3)20(25)17-8-4-5-9-19(17)27-13-16-7-6-10-26-16/h4-5,8-9,11,16H,6-7,10,12-13H2,1-3H3. The Morgan fingerprint density at radius 2 is 2.21 bits per heavy atom. The molecular formula is C21H25N3O3S. The van der Waals surface area contributed by atoms with E-state index < -0.39 is 0 Å². The van der Waals surface area contributed by atoms with Gasteiger partial charge < -0.3 is 14.4 Å². The first-order valence-corrected chi connectivity index (χ1v) is 10.4. The molecule has 0 radical (unpaired) electrons. The Morgan fingerprint density at radius 1 is 1.39 bits per heavy atom. The Labute approximate surface area is 168 Å². The molecule has 3 heterocycles. The van der Waals surface area contributed by atoms with E-state index in [4.69, 9.17) is 9.47 Å². The zero-order chi connectivity index (χ0) is 19.7. The van der Waals surface area contributed by atoms with Crippen LogP contribution < -0.4 is 4.74 Å². The summed E-state index contributed by atoms with van der Waals surface area (Å²) in [6.07, 6.45) is 4.27. The van der Waals surface area contributed by atoms with Crippen molar-refractivity contribution in [2.75, 3.05) is 20.3 Å². The second kappa shape index (κ2) is 7.93. The Hall–Kier alpha value is -2.38. The zero-order valence-electron chi connectivity index (χ0n) is 16.5. The second-order valence-electron chi connectivity index (χ2n) is 7.24. The number of ether oxygens (including phenoxy) is 2. The highest BCUT2D eigenvalue weighted by Crippen LogP contribution is 2.24. The average Bonchev–Trinajstić information content (AvgIpc) is 3.38. The molecule has 0 N–H and O–H groups in total. The van der Waals surface area contributed by atoms with Crippen LogP contribution in [0.5, 0.6) is 5.75 Å². The monoisotopic (exact) mass is 399 g/mol. The van der Waals surface area contributed by atoms with E-state index in [0.29, 0.717) is 24.5 Å². The summed E-state index contributed by atoms with van der Waals surface area (Å²) in [4.78, 5) is 21.6. The number of para-hydroxylation sites is 1. The Balaban J connectivity index is 1.51. The fraction of sp³-hybridized carbons (Fsp3) is 0.429. The van der Waals surface area contributed by atoms with E-state index in [9.17, 15) is 4.79 Å². The molecule has 148 valence electrons. The van der Waals surface area contributed by atoms with E-state index in [1.807, 2.05) is 38.2 Å². The number of amides is 1. The van der Waals surface area contributed by atoms with Gasteiger partial charge in [-0.25, -0.2) is 4.98 Å². The van der Waals surface area contributed by atoms with Gasteiger partial charge in [-0.05, 0) is 38.8 Å². The predicted octanol–water partition coefficient (Wildman–Crippen LogP) is 3.84. The van der Waals surface area contributed by atoms with Crippen LogP contribution in [0.3, 0.4) is 0 Å². The highest BCUT2D eigenvalue weighted by atomic mass is 32.1. The van der Waals surface area contributed by atoms with Gasteiger partial charge in [-0.3, -0.25) is 9.20 Å². The molecule has 3 aromatic rings. The number of rotatable bonds is 6. The highest BCUT2D eigenvalue weighted by Gasteiger charge is 2.21. The Kier molecular flexibility index (Phi) is 5.37. The normalized spacial score (nSPS) is 16.6. The molecule has 1 aliphatic heterocycles. The summed E-state index contributed by atoms with van der Waals surface area (Å²) in [5.41, 5.74) is 2.56. The van der Waals surface area contributed by atoms with Gasteiger partial charge in [-0.15, -0.1) is 11.3 Å². The fourth-order valence-electron chi connectivity index (χ4n) is 3.53. The third kappa shape index (κ3) is 3.77. The summed E-state index contributed by atoms with van der Waals surface area (Å²) in [7, 11) is 1.82. The van der Waals surface area contributed by atoms with Crippen LogP contribution in [-0.2, 0) is 11.3 Å². The molecule has 0 spiro atoms. The van der Waals surface area contributed by atoms with E-state index in [-0.39, 0.29) is 12.0 Å². The molecule has 1 fully saturated rings. The summed E-state index contributed by atoms with van der Waals surface area (Å²) in [6.45, 7) is 5.81. The SMILES string of the molecule is Cc1cn2c(CN(C)C(=O)c3ccccc3OCC3CCCO3)c(C)nc2s1. The third-order valence-electron chi connectivity index (χ3n) is 5.04. The lowest BCUT2D eigenvalue weighted by Gasteiger charge is -2.20. The van der Waals surface area contributed by atoms with E-state index in [1.54, 1.807) is 16.2 Å². The molecule has 1 amide bonds. The van der Waals surface area contributed by atoms with Crippen molar-refractivity contribution < 1.29 is 14.3 Å². The molecule has 0 aliphatic carbocycles. The quantitative estimate of drug-likeness (QED) is 0.632. The molecule has 0 bridgehead atoms. The largest absolute Gasteiger partial charge is 0.490 e. The Morgan fingerprint density at radius 3 is 3.00 bits per heavy atom. The topological polar surface area (TPSA) is 56.1 Å². The van der Waals surface area contributed by atoms with Gasteiger partial charge in [-0.1, -0.05) is 12.1 Å². The van der Waals surface area contributed by atoms with Crippen LogP contribution in [0.4, 0.5) is 0 Å². The van der Waals surface area contributed by atoms with Gasteiger partial charge in [0.15, 0.2) is 4.96 Å². The van der Waals surface area contributed by atoms with E-state index in [2.05, 4.69) is 22.5 Å². The minimum atomic E-state index is -0.0655. The van der Waals surface area contributed by atoms with Crippen molar-refractivity contribution in [3.63, 3.8) is 0 Å². The molecule has 1 unspecified atom stereocenters. The van der Waals surface area contributed by atoms with Crippen LogP contribution in [0.2, 0.25) is 0 Å². The third-order valence-corrected chi connectivity index (χ3v) is 5.94. The van der Waals surface area contributed by atoms with Crippen molar-refractivity contribution in [2.24, 2.45) is 0 Å². The fourth-order valence-corrected chi connectivity index (χ4v) is 4.42. The number of aromatic nitrogens is 2. The number of carbonyl (C=O) groups excluding carboxylic acids is 1. The van der Waals surface area contributed by atoms with E-state index in [1.165, 1.54) is 4.88 Å². The van der Waals surface area contributed by atoms with Crippen molar-refractivity contribution in [1.29, 1.82) is 0 Å². The summed E-state index contributed by atoms with van der Waals surface area (Å²) in [6, 6.07) is 7.42. The second-order valence-corrected chi connectivity index (χ2v) is 8.45. The predicted molar refractivity (Wildman–Crippen MR) is 109 cm³/mol. The first-order chi connectivity index (χ1) is 13.5. The number of fused-ring (bicyclic) bond motifs is 1. The lowest BCUT2D eigenvalue weighted by atomic mass is 10.1. The summed E-state index contributed by atoms with van der Waals surface area (Å²) in [5.74, 6) is 0.542. The number of carbonyl (C=O) groups is 1. The minimum Gasteiger partial charge on any atom is -0.490 e. The maximum absolute atomic E-state index is 13.1. The van der Waals surface area contributed by atoms with Crippen LogP contribution >= 0.6 is 11.3 Å². The highest BCUT2D eigenvalue weighted by molar-refractivity contribution is 7.17. The molecule has 1 atom stereocenters. The van der Waals surface area contributed by atoms with Crippen molar-refractivity contribution >= 4 is 22.2 Å². The van der Waals surface area contributed by atoms with Gasteiger partial charge in [0, 0.05) is 24.7 Å². The summed E-state index contributed by atoms with van der Waals surface area (Å²) in [5, 5.41) is 0. The van der Waals surface area contributed by atoms with Gasteiger partial charge >= 0.3 is 0 Å². The number of aryl methyl sites for hydroxylation is 2. The van der Waals surface area contributed by atoms with Gasteiger partial charge in [0.05, 0.1) is 29.6 Å². The minimum absolute atomic E-state index is 0.0655. The number of nitrogens with zero attached hydrogens (tertiary/aromatic N) is 3. The summed E-state index contributed by atoms with van der Waals surface area (Å²) < 4.78 is 13.6. The van der Waals surface area contributed by atoms with Gasteiger partial charge in [0.25, 0.3) is 5.91 Å². The molecule has 2 aromatic heterocycles. The average molecular weight is 400 g/mol. The van der Waals surface area contributed by atoms with Gasteiger partial charge in [0.2, 0.25) is 0 Å². The number of benzene rings is 1. The number of hydrogen-bond donors (Lipinski definition) is 0. The van der Waals surface area contributed by atoms with E-state index in [0.717, 1.165) is 35.8 Å². The van der Waals surface area contributed by atoms with Gasteiger partial charge in [0.1, 0.15) is 12.4 Å². The smallest absolute Gasteiger partial charge is 0.257 e. The molecule has 0 saturated carbocycles. The van der Waals surface area contributed by atoms with E-state index >= 15 is 0 Å². The molecule has 28 heavy (non-hydrogen) atoms. The number of thiazole rings is 1. The molecule has 1 aromatic carbocycles. The van der Waals surface area contributed by atoms with Crippen molar-refractivity contribution in [2.45, 2.75) is 39.3 Å². The number of hydrogen-bond acceptors (Lipinski definition) is 5. The van der Waals surface area contributed by atoms with Crippen molar-refractivity contribution in [1.82, 2.24) is 14.3 Å². The molecule has 7 heteroatoms.